The van der Waals surface area contributed by atoms with Gasteiger partial charge in [-0.25, -0.2) is 0 Å². The molecular weight excluding hydrogens is 266 g/mol. The molecule has 0 aliphatic heterocycles. The lowest BCUT2D eigenvalue weighted by atomic mass is 10.1. The van der Waals surface area contributed by atoms with Gasteiger partial charge in [0, 0.05) is 30.7 Å². The Bertz CT molecular complexity index is 703. The molecule has 0 aliphatic rings. The molecule has 0 bridgehead atoms. The second-order valence-electron chi connectivity index (χ2n) is 4.98. The van der Waals surface area contributed by atoms with Gasteiger partial charge in [-0.3, -0.25) is 9.97 Å². The number of rotatable bonds is 4. The fraction of sp³-hybridized carbons (Fsp3) is 0.250. The number of hydrogen-bond acceptors (Lipinski definition) is 4. The molecule has 1 N–H and O–H groups in total. The first kappa shape index (κ1) is 13.2. The van der Waals surface area contributed by atoms with Gasteiger partial charge in [-0.05, 0) is 48.6 Å². The smallest absolute Gasteiger partial charge is 0.0809 e. The minimum Gasteiger partial charge on any atom is -0.306 e. The summed E-state index contributed by atoms with van der Waals surface area (Å²) in [6.45, 7) is 4.98. The highest BCUT2D eigenvalue weighted by atomic mass is 32.1. The third-order valence-corrected chi connectivity index (χ3v) is 4.26. The van der Waals surface area contributed by atoms with Crippen LogP contribution in [0.4, 0.5) is 0 Å². The molecule has 0 aliphatic carbocycles. The van der Waals surface area contributed by atoms with Gasteiger partial charge in [0.05, 0.1) is 10.2 Å². The third kappa shape index (κ3) is 2.86. The van der Waals surface area contributed by atoms with Crippen LogP contribution in [0.5, 0.6) is 0 Å². The van der Waals surface area contributed by atoms with E-state index in [1.165, 1.54) is 15.8 Å². The van der Waals surface area contributed by atoms with E-state index in [1.54, 1.807) is 11.3 Å². The Morgan fingerprint density at radius 1 is 1.20 bits per heavy atom. The average molecular weight is 283 g/mol. The Balaban J connectivity index is 1.69. The largest absolute Gasteiger partial charge is 0.306 e. The number of pyridine rings is 2. The van der Waals surface area contributed by atoms with Crippen LogP contribution in [0, 0.1) is 6.92 Å². The Hall–Kier alpha value is -1.78. The fourth-order valence-electron chi connectivity index (χ4n) is 2.09. The van der Waals surface area contributed by atoms with E-state index in [1.807, 2.05) is 25.4 Å². The van der Waals surface area contributed by atoms with Crippen LogP contribution < -0.4 is 5.32 Å². The number of thiophene rings is 1. The van der Waals surface area contributed by atoms with Crippen molar-refractivity contribution >= 4 is 21.6 Å². The van der Waals surface area contributed by atoms with Gasteiger partial charge in [0.15, 0.2) is 0 Å². The lowest BCUT2D eigenvalue weighted by Crippen LogP contribution is -2.18. The molecule has 0 aromatic carbocycles. The summed E-state index contributed by atoms with van der Waals surface area (Å²) in [7, 11) is 0. The summed E-state index contributed by atoms with van der Waals surface area (Å²) >= 11 is 1.73. The highest BCUT2D eigenvalue weighted by Gasteiger charge is 2.07. The zero-order valence-corrected chi connectivity index (χ0v) is 12.4. The maximum absolute atomic E-state index is 4.49. The van der Waals surface area contributed by atoms with Gasteiger partial charge in [0.1, 0.15) is 0 Å². The molecule has 3 aromatic rings. The van der Waals surface area contributed by atoms with Crippen LogP contribution in [0.15, 0.2) is 42.0 Å². The fourth-order valence-corrected chi connectivity index (χ4v) is 2.88. The zero-order chi connectivity index (χ0) is 13.9. The van der Waals surface area contributed by atoms with Gasteiger partial charge < -0.3 is 5.32 Å². The van der Waals surface area contributed by atoms with E-state index in [9.17, 15) is 0 Å². The summed E-state index contributed by atoms with van der Waals surface area (Å²) in [6.07, 6.45) is 3.88. The van der Waals surface area contributed by atoms with E-state index in [2.05, 4.69) is 45.8 Å². The van der Waals surface area contributed by atoms with E-state index < -0.39 is 0 Å². The number of nitrogens with one attached hydrogen (secondary N) is 1. The van der Waals surface area contributed by atoms with Crippen molar-refractivity contribution in [2.75, 3.05) is 0 Å². The number of hydrogen-bond donors (Lipinski definition) is 1. The molecule has 1 atom stereocenters. The van der Waals surface area contributed by atoms with Crippen molar-refractivity contribution < 1.29 is 0 Å². The number of fused-ring (bicyclic) bond motifs is 1. The highest BCUT2D eigenvalue weighted by molar-refractivity contribution is 7.17. The highest BCUT2D eigenvalue weighted by Crippen LogP contribution is 2.22. The normalized spacial score (nSPS) is 12.7. The van der Waals surface area contributed by atoms with Gasteiger partial charge in [-0.2, -0.15) is 0 Å². The molecule has 3 nitrogen and oxygen atoms in total. The Morgan fingerprint density at radius 3 is 2.90 bits per heavy atom. The van der Waals surface area contributed by atoms with Crippen LogP contribution in [0.25, 0.3) is 10.2 Å². The summed E-state index contributed by atoms with van der Waals surface area (Å²) in [5, 5.41) is 5.60. The molecule has 0 saturated carbocycles. The first-order chi connectivity index (χ1) is 9.72. The standard InChI is InChI=1S/C16H17N3S/c1-11-3-4-13(8-17-11)9-18-12(2)14-7-16-15(19-10-14)5-6-20-16/h3-8,10,12,18H,9H2,1-2H3. The van der Waals surface area contributed by atoms with Gasteiger partial charge in [0.2, 0.25) is 0 Å². The Kier molecular flexibility index (Phi) is 3.76. The predicted molar refractivity (Wildman–Crippen MR) is 83.8 cm³/mol. The zero-order valence-electron chi connectivity index (χ0n) is 11.6. The van der Waals surface area contributed by atoms with Crippen molar-refractivity contribution in [1.82, 2.24) is 15.3 Å². The molecule has 102 valence electrons. The van der Waals surface area contributed by atoms with Crippen molar-refractivity contribution in [3.63, 3.8) is 0 Å². The van der Waals surface area contributed by atoms with E-state index in [-0.39, 0.29) is 6.04 Å². The van der Waals surface area contributed by atoms with Crippen LogP contribution in [-0.4, -0.2) is 9.97 Å². The van der Waals surface area contributed by atoms with Crippen LogP contribution in [0.1, 0.15) is 29.8 Å². The maximum atomic E-state index is 4.49. The molecule has 1 unspecified atom stereocenters. The Labute approximate surface area is 122 Å². The molecule has 0 radical (unpaired) electrons. The molecule has 0 fully saturated rings. The molecule has 0 spiro atoms. The summed E-state index contributed by atoms with van der Waals surface area (Å²) in [5.74, 6) is 0. The number of aryl methyl sites for hydroxylation is 1. The maximum Gasteiger partial charge on any atom is 0.0809 e. The minimum atomic E-state index is 0.273. The van der Waals surface area contributed by atoms with E-state index >= 15 is 0 Å². The van der Waals surface area contributed by atoms with Gasteiger partial charge in [-0.1, -0.05) is 6.07 Å². The number of nitrogens with zero attached hydrogens (tertiary/aromatic N) is 2. The Morgan fingerprint density at radius 2 is 2.10 bits per heavy atom. The number of aromatic nitrogens is 2. The second-order valence-corrected chi connectivity index (χ2v) is 5.93. The van der Waals surface area contributed by atoms with Crippen molar-refractivity contribution in [2.45, 2.75) is 26.4 Å². The van der Waals surface area contributed by atoms with Crippen LogP contribution >= 0.6 is 11.3 Å². The van der Waals surface area contributed by atoms with E-state index in [0.717, 1.165) is 17.8 Å². The van der Waals surface area contributed by atoms with Crippen molar-refractivity contribution in [1.29, 1.82) is 0 Å². The summed E-state index contributed by atoms with van der Waals surface area (Å²) in [5.41, 5.74) is 4.55. The van der Waals surface area contributed by atoms with Crippen LogP contribution in [-0.2, 0) is 6.54 Å². The van der Waals surface area contributed by atoms with E-state index in [0.29, 0.717) is 0 Å². The third-order valence-electron chi connectivity index (χ3n) is 3.41. The molecule has 3 rings (SSSR count). The average Bonchev–Trinajstić information content (AvgIpc) is 2.93. The molecule has 3 aromatic heterocycles. The summed E-state index contributed by atoms with van der Waals surface area (Å²) in [4.78, 5) is 8.80. The summed E-state index contributed by atoms with van der Waals surface area (Å²) < 4.78 is 1.24. The van der Waals surface area contributed by atoms with Crippen molar-refractivity contribution in [3.8, 4) is 0 Å². The first-order valence-corrected chi connectivity index (χ1v) is 7.58. The first-order valence-electron chi connectivity index (χ1n) is 6.70. The molecule has 20 heavy (non-hydrogen) atoms. The molecule has 3 heterocycles. The predicted octanol–water partition coefficient (Wildman–Crippen LogP) is 3.85. The topological polar surface area (TPSA) is 37.8 Å². The molecular formula is C16H17N3S. The molecule has 4 heteroatoms. The van der Waals surface area contributed by atoms with E-state index in [4.69, 9.17) is 0 Å². The molecule has 0 saturated heterocycles. The second kappa shape index (κ2) is 5.69. The monoisotopic (exact) mass is 283 g/mol. The van der Waals surface area contributed by atoms with Crippen molar-refractivity contribution in [3.05, 3.63) is 58.9 Å². The summed E-state index contributed by atoms with van der Waals surface area (Å²) in [6, 6.07) is 8.71. The molecule has 0 amide bonds. The lowest BCUT2D eigenvalue weighted by molar-refractivity contribution is 0.573. The minimum absolute atomic E-state index is 0.273. The van der Waals surface area contributed by atoms with Gasteiger partial charge in [-0.15, -0.1) is 11.3 Å². The SMILES string of the molecule is Cc1ccc(CNC(C)c2cnc3ccsc3c2)cn1. The van der Waals surface area contributed by atoms with Crippen LogP contribution in [0.3, 0.4) is 0 Å². The lowest BCUT2D eigenvalue weighted by Gasteiger charge is -2.14. The van der Waals surface area contributed by atoms with Gasteiger partial charge >= 0.3 is 0 Å². The van der Waals surface area contributed by atoms with Crippen molar-refractivity contribution in [2.24, 2.45) is 0 Å². The van der Waals surface area contributed by atoms with Crippen LogP contribution in [0.2, 0.25) is 0 Å². The van der Waals surface area contributed by atoms with Gasteiger partial charge in [0.25, 0.3) is 0 Å². The quantitative estimate of drug-likeness (QED) is 0.790.